The summed E-state index contributed by atoms with van der Waals surface area (Å²) >= 11 is 1.53. The zero-order valence-corrected chi connectivity index (χ0v) is 13.8. The van der Waals surface area contributed by atoms with Crippen LogP contribution < -0.4 is 5.32 Å². The van der Waals surface area contributed by atoms with Gasteiger partial charge in [-0.2, -0.15) is 11.3 Å². The molecule has 2 heterocycles. The van der Waals surface area contributed by atoms with Gasteiger partial charge in [0.1, 0.15) is 5.82 Å². The van der Waals surface area contributed by atoms with E-state index >= 15 is 0 Å². The first-order chi connectivity index (χ1) is 10.2. The summed E-state index contributed by atoms with van der Waals surface area (Å²) in [5, 5.41) is 7.15. The van der Waals surface area contributed by atoms with Gasteiger partial charge in [-0.15, -0.1) is 12.4 Å². The van der Waals surface area contributed by atoms with Crippen LogP contribution in [0.4, 0.5) is 4.39 Å². The van der Waals surface area contributed by atoms with Gasteiger partial charge in [-0.05, 0) is 35.6 Å². The fraction of sp³-hybridized carbons (Fsp3) is 0.312. The number of nitrogens with zero attached hydrogens (tertiary/aromatic N) is 1. The number of benzene rings is 1. The van der Waals surface area contributed by atoms with Gasteiger partial charge in [-0.25, -0.2) is 4.39 Å². The second-order valence-corrected chi connectivity index (χ2v) is 5.99. The Morgan fingerprint density at radius 3 is 2.91 bits per heavy atom. The molecular formula is C16H18ClFN2OS. The zero-order chi connectivity index (χ0) is 14.8. The Labute approximate surface area is 139 Å². The second-order valence-electron chi connectivity index (χ2n) is 5.24. The number of piperazine rings is 1. The van der Waals surface area contributed by atoms with Crippen LogP contribution in [0, 0.1) is 12.7 Å². The molecule has 1 amide bonds. The Morgan fingerprint density at radius 1 is 1.41 bits per heavy atom. The first kappa shape index (κ1) is 16.9. The third-order valence-corrected chi connectivity index (χ3v) is 4.69. The lowest BCUT2D eigenvalue weighted by Crippen LogP contribution is -2.48. The van der Waals surface area contributed by atoms with E-state index in [1.54, 1.807) is 6.07 Å². The van der Waals surface area contributed by atoms with Gasteiger partial charge < -0.3 is 10.2 Å². The molecule has 0 saturated carbocycles. The Hall–Kier alpha value is -1.43. The first-order valence-corrected chi connectivity index (χ1v) is 7.91. The largest absolute Gasteiger partial charge is 0.329 e. The van der Waals surface area contributed by atoms with Gasteiger partial charge >= 0.3 is 0 Å². The number of rotatable bonds is 2. The maximum atomic E-state index is 13.5. The highest BCUT2D eigenvalue weighted by Crippen LogP contribution is 2.26. The minimum Gasteiger partial charge on any atom is -0.329 e. The smallest absolute Gasteiger partial charge is 0.255 e. The third kappa shape index (κ3) is 3.32. The van der Waals surface area contributed by atoms with Crippen LogP contribution in [-0.2, 0) is 0 Å². The molecule has 3 rings (SSSR count). The lowest BCUT2D eigenvalue weighted by molar-refractivity contribution is 0.0634. The predicted octanol–water partition coefficient (Wildman–Crippen LogP) is 3.40. The molecule has 3 nitrogen and oxygen atoms in total. The van der Waals surface area contributed by atoms with Crippen LogP contribution in [0.15, 0.2) is 35.0 Å². The molecular weight excluding hydrogens is 323 g/mol. The molecule has 1 unspecified atom stereocenters. The van der Waals surface area contributed by atoms with Crippen molar-refractivity contribution >= 4 is 29.7 Å². The molecule has 1 N–H and O–H groups in total. The molecule has 1 aliphatic rings. The maximum Gasteiger partial charge on any atom is 0.255 e. The van der Waals surface area contributed by atoms with Gasteiger partial charge in [-0.1, -0.05) is 12.1 Å². The molecule has 6 heteroatoms. The van der Waals surface area contributed by atoms with Crippen molar-refractivity contribution in [2.75, 3.05) is 19.6 Å². The van der Waals surface area contributed by atoms with E-state index in [4.69, 9.17) is 0 Å². The highest BCUT2D eigenvalue weighted by atomic mass is 35.5. The van der Waals surface area contributed by atoms with E-state index in [2.05, 4.69) is 5.32 Å². The number of halogens is 2. The summed E-state index contributed by atoms with van der Waals surface area (Å²) in [6, 6.07) is 6.38. The van der Waals surface area contributed by atoms with Crippen LogP contribution in [0.25, 0.3) is 0 Å². The van der Waals surface area contributed by atoms with Crippen molar-refractivity contribution in [3.05, 3.63) is 57.5 Å². The number of carbonyl (C=O) groups excluding carboxylic acids is 1. The second kappa shape index (κ2) is 7.22. The number of amides is 1. The van der Waals surface area contributed by atoms with Crippen LogP contribution in [-0.4, -0.2) is 30.4 Å². The van der Waals surface area contributed by atoms with Crippen molar-refractivity contribution in [1.82, 2.24) is 10.2 Å². The van der Waals surface area contributed by atoms with E-state index in [9.17, 15) is 9.18 Å². The fourth-order valence-corrected chi connectivity index (χ4v) is 3.52. The molecule has 1 aliphatic heterocycles. The summed E-state index contributed by atoms with van der Waals surface area (Å²) in [5.41, 5.74) is 2.59. The van der Waals surface area contributed by atoms with Gasteiger partial charge in [0.05, 0.1) is 11.6 Å². The Morgan fingerprint density at radius 2 is 2.23 bits per heavy atom. The molecule has 118 valence electrons. The molecule has 1 aromatic heterocycles. The molecule has 0 spiro atoms. The number of hydrogen-bond acceptors (Lipinski definition) is 3. The summed E-state index contributed by atoms with van der Waals surface area (Å²) in [4.78, 5) is 14.6. The minimum absolute atomic E-state index is 0. The first-order valence-electron chi connectivity index (χ1n) is 6.97. The number of aryl methyl sites for hydroxylation is 1. The summed E-state index contributed by atoms with van der Waals surface area (Å²) in [5.74, 6) is -0.235. The van der Waals surface area contributed by atoms with Crippen LogP contribution in [0.2, 0.25) is 0 Å². The van der Waals surface area contributed by atoms with Crippen molar-refractivity contribution < 1.29 is 9.18 Å². The molecule has 2 aromatic rings. The average molecular weight is 341 g/mol. The van der Waals surface area contributed by atoms with Gasteiger partial charge in [0.25, 0.3) is 5.91 Å². The summed E-state index contributed by atoms with van der Waals surface area (Å²) in [6.07, 6.45) is 0. The standard InChI is InChI=1S/C16H17FN2OS.ClH/c1-11-9-21-10-14(11)16(20)19-6-5-18-8-15(19)12-3-2-4-13(17)7-12;/h2-4,7,9-10,15,18H,5-6,8H2,1H3;1H. The molecule has 0 radical (unpaired) electrons. The molecule has 1 aromatic carbocycles. The van der Waals surface area contributed by atoms with Crippen molar-refractivity contribution in [2.24, 2.45) is 0 Å². The Bertz CT molecular complexity index is 661. The molecule has 0 aliphatic carbocycles. The highest BCUT2D eigenvalue weighted by molar-refractivity contribution is 7.08. The number of thiophene rings is 1. The molecule has 0 bridgehead atoms. The molecule has 22 heavy (non-hydrogen) atoms. The van der Waals surface area contributed by atoms with E-state index in [0.717, 1.165) is 23.2 Å². The van der Waals surface area contributed by atoms with Crippen LogP contribution in [0.3, 0.4) is 0 Å². The number of hydrogen-bond donors (Lipinski definition) is 1. The number of nitrogens with one attached hydrogen (secondary N) is 1. The SMILES string of the molecule is Cc1cscc1C(=O)N1CCNCC1c1cccc(F)c1.Cl. The van der Waals surface area contributed by atoms with Crippen molar-refractivity contribution in [3.8, 4) is 0 Å². The molecule has 1 atom stereocenters. The van der Waals surface area contributed by atoms with E-state index in [1.165, 1.54) is 23.5 Å². The van der Waals surface area contributed by atoms with Gasteiger partial charge in [0.2, 0.25) is 0 Å². The van der Waals surface area contributed by atoms with E-state index < -0.39 is 0 Å². The summed E-state index contributed by atoms with van der Waals surface area (Å²) in [6.45, 7) is 4.00. The zero-order valence-electron chi connectivity index (χ0n) is 12.2. The Balaban J connectivity index is 0.00000176. The van der Waals surface area contributed by atoms with E-state index in [1.807, 2.05) is 28.7 Å². The highest BCUT2D eigenvalue weighted by Gasteiger charge is 2.29. The van der Waals surface area contributed by atoms with Crippen LogP contribution in [0.5, 0.6) is 0 Å². The molecule has 1 fully saturated rings. The topological polar surface area (TPSA) is 32.3 Å². The quantitative estimate of drug-likeness (QED) is 0.908. The normalized spacial score (nSPS) is 17.9. The van der Waals surface area contributed by atoms with Crippen molar-refractivity contribution in [1.29, 1.82) is 0 Å². The van der Waals surface area contributed by atoms with Crippen LogP contribution in [0.1, 0.15) is 27.5 Å². The average Bonchev–Trinajstić information content (AvgIpc) is 2.93. The monoisotopic (exact) mass is 340 g/mol. The number of carbonyl (C=O) groups is 1. The Kier molecular flexibility index (Phi) is 5.56. The van der Waals surface area contributed by atoms with Gasteiger partial charge in [0, 0.05) is 25.0 Å². The summed E-state index contributed by atoms with van der Waals surface area (Å²) in [7, 11) is 0. The van der Waals surface area contributed by atoms with Gasteiger partial charge in [0.15, 0.2) is 0 Å². The third-order valence-electron chi connectivity index (χ3n) is 3.82. The van der Waals surface area contributed by atoms with E-state index in [0.29, 0.717) is 13.1 Å². The lowest BCUT2D eigenvalue weighted by atomic mass is 10.0. The van der Waals surface area contributed by atoms with Crippen LogP contribution >= 0.6 is 23.7 Å². The maximum absolute atomic E-state index is 13.5. The van der Waals surface area contributed by atoms with E-state index in [-0.39, 0.29) is 30.2 Å². The predicted molar refractivity (Wildman–Crippen MR) is 89.4 cm³/mol. The van der Waals surface area contributed by atoms with Crippen molar-refractivity contribution in [3.63, 3.8) is 0 Å². The fourth-order valence-electron chi connectivity index (χ4n) is 2.69. The lowest BCUT2D eigenvalue weighted by Gasteiger charge is -2.36. The van der Waals surface area contributed by atoms with Gasteiger partial charge in [-0.3, -0.25) is 4.79 Å². The summed E-state index contributed by atoms with van der Waals surface area (Å²) < 4.78 is 13.5. The molecule has 1 saturated heterocycles. The van der Waals surface area contributed by atoms with Crippen molar-refractivity contribution in [2.45, 2.75) is 13.0 Å². The minimum atomic E-state index is -0.266.